The minimum Gasteiger partial charge on any atom is -0.444 e. The summed E-state index contributed by atoms with van der Waals surface area (Å²) in [5.74, 6) is -0.607. The zero-order valence-corrected chi connectivity index (χ0v) is 14.7. The second-order valence-electron chi connectivity index (χ2n) is 5.12. The number of aromatic nitrogens is 2. The van der Waals surface area contributed by atoms with Gasteiger partial charge in [0.05, 0.1) is 12.2 Å². The summed E-state index contributed by atoms with van der Waals surface area (Å²) in [5.41, 5.74) is 2.32. The summed E-state index contributed by atoms with van der Waals surface area (Å²) in [6, 6.07) is 9.21. The first-order chi connectivity index (χ1) is 11.4. The normalized spacial score (nSPS) is 12.1. The Balaban J connectivity index is 2.15. The molecule has 0 saturated heterocycles. The number of carbonyl (C=O) groups is 1. The van der Waals surface area contributed by atoms with Crippen molar-refractivity contribution in [3.05, 3.63) is 57.3 Å². The van der Waals surface area contributed by atoms with Crippen molar-refractivity contribution in [2.75, 3.05) is 0 Å². The Bertz CT molecular complexity index is 804. The minimum atomic E-state index is -0.800. The third kappa shape index (κ3) is 4.60. The number of esters is 1. The van der Waals surface area contributed by atoms with Crippen LogP contribution in [0.1, 0.15) is 23.7 Å². The van der Waals surface area contributed by atoms with Crippen LogP contribution in [0, 0.1) is 18.3 Å². The number of rotatable bonds is 5. The molecule has 124 valence electrons. The van der Waals surface area contributed by atoms with Gasteiger partial charge in [0, 0.05) is 16.7 Å². The average Bonchev–Trinajstić information content (AvgIpc) is 2.81. The molecule has 1 atom stereocenters. The molecule has 24 heavy (non-hydrogen) atoms. The Morgan fingerprint density at radius 2 is 2.08 bits per heavy atom. The maximum atomic E-state index is 11.6. The largest absolute Gasteiger partial charge is 0.444 e. The second kappa shape index (κ2) is 8.00. The molecule has 5 nitrogen and oxygen atoms in total. The summed E-state index contributed by atoms with van der Waals surface area (Å²) >= 11 is 12.2. The highest BCUT2D eigenvalue weighted by atomic mass is 35.5. The molecule has 2 rings (SSSR count). The first-order valence-corrected chi connectivity index (χ1v) is 7.92. The number of hydrogen-bond donors (Lipinski definition) is 0. The van der Waals surface area contributed by atoms with Gasteiger partial charge in [-0.25, -0.2) is 9.48 Å². The molecular formula is C17H15Cl2N3O2. The molecule has 2 aromatic rings. The number of nitrogens with zero attached hydrogens (tertiary/aromatic N) is 3. The summed E-state index contributed by atoms with van der Waals surface area (Å²) < 4.78 is 6.49. The number of carbonyl (C=O) groups excluding carboxylic acids is 1. The fourth-order valence-electron chi connectivity index (χ4n) is 2.02. The van der Waals surface area contributed by atoms with Crippen LogP contribution in [-0.4, -0.2) is 21.9 Å². The highest BCUT2D eigenvalue weighted by Gasteiger charge is 2.12. The molecule has 1 heterocycles. The molecule has 0 amide bonds. The predicted molar refractivity (Wildman–Crippen MR) is 92.7 cm³/mol. The summed E-state index contributed by atoms with van der Waals surface area (Å²) in [7, 11) is 0. The summed E-state index contributed by atoms with van der Waals surface area (Å²) in [6.07, 6.45) is 1.97. The SMILES string of the molecule is Cc1nn(Cc2ccc(Cl)cc2)c(Cl)c1/C=C/C(=O)O[C@H](C)C#N. The molecule has 0 unspecified atom stereocenters. The first-order valence-electron chi connectivity index (χ1n) is 7.16. The fourth-order valence-corrected chi connectivity index (χ4v) is 2.44. The van der Waals surface area contributed by atoms with Crippen molar-refractivity contribution in [3.63, 3.8) is 0 Å². The van der Waals surface area contributed by atoms with E-state index < -0.39 is 12.1 Å². The Morgan fingerprint density at radius 1 is 1.42 bits per heavy atom. The van der Waals surface area contributed by atoms with Crippen LogP contribution in [0.4, 0.5) is 0 Å². The lowest BCUT2D eigenvalue weighted by atomic mass is 10.2. The van der Waals surface area contributed by atoms with E-state index in [-0.39, 0.29) is 0 Å². The molecule has 0 aliphatic heterocycles. The van der Waals surface area contributed by atoms with Crippen LogP contribution in [0.3, 0.4) is 0 Å². The van der Waals surface area contributed by atoms with Gasteiger partial charge in [-0.3, -0.25) is 0 Å². The number of hydrogen-bond acceptors (Lipinski definition) is 4. The Labute approximate surface area is 150 Å². The van der Waals surface area contributed by atoms with Crippen LogP contribution < -0.4 is 0 Å². The molecule has 0 bridgehead atoms. The van der Waals surface area contributed by atoms with Crippen molar-refractivity contribution in [2.45, 2.75) is 26.5 Å². The summed E-state index contributed by atoms with van der Waals surface area (Å²) in [4.78, 5) is 11.6. The number of nitriles is 1. The molecule has 7 heteroatoms. The minimum absolute atomic E-state index is 0.417. The molecule has 0 fully saturated rings. The third-order valence-corrected chi connectivity index (χ3v) is 3.87. The van der Waals surface area contributed by atoms with E-state index in [9.17, 15) is 4.79 Å². The van der Waals surface area contributed by atoms with E-state index in [1.807, 2.05) is 18.2 Å². The highest BCUT2D eigenvalue weighted by molar-refractivity contribution is 6.31. The van der Waals surface area contributed by atoms with Gasteiger partial charge in [-0.2, -0.15) is 10.4 Å². The van der Waals surface area contributed by atoms with Crippen LogP contribution >= 0.6 is 23.2 Å². The van der Waals surface area contributed by atoms with Crippen molar-refractivity contribution < 1.29 is 9.53 Å². The van der Waals surface area contributed by atoms with Crippen LogP contribution in [0.5, 0.6) is 0 Å². The number of benzene rings is 1. The van der Waals surface area contributed by atoms with Gasteiger partial charge in [-0.1, -0.05) is 35.3 Å². The maximum absolute atomic E-state index is 11.6. The molecular weight excluding hydrogens is 349 g/mol. The van der Waals surface area contributed by atoms with Crippen molar-refractivity contribution in [1.82, 2.24) is 9.78 Å². The van der Waals surface area contributed by atoms with Gasteiger partial charge in [0.2, 0.25) is 0 Å². The second-order valence-corrected chi connectivity index (χ2v) is 5.91. The van der Waals surface area contributed by atoms with E-state index in [0.717, 1.165) is 5.56 Å². The van der Waals surface area contributed by atoms with Gasteiger partial charge in [0.15, 0.2) is 6.10 Å². The van der Waals surface area contributed by atoms with Gasteiger partial charge in [0.1, 0.15) is 11.2 Å². The fraction of sp³-hybridized carbons (Fsp3) is 0.235. The number of ether oxygens (including phenoxy) is 1. The number of halogens is 2. The van der Waals surface area contributed by atoms with Crippen LogP contribution in [0.2, 0.25) is 10.2 Å². The molecule has 0 spiro atoms. The van der Waals surface area contributed by atoms with E-state index >= 15 is 0 Å². The smallest absolute Gasteiger partial charge is 0.332 e. The van der Waals surface area contributed by atoms with E-state index in [2.05, 4.69) is 5.10 Å². The average molecular weight is 364 g/mol. The van der Waals surface area contributed by atoms with E-state index in [4.69, 9.17) is 33.2 Å². The Hall–Kier alpha value is -2.29. The standard InChI is InChI=1S/C17H15Cl2N3O2/c1-11(9-20)24-16(23)8-7-15-12(2)21-22(17(15)19)10-13-3-5-14(18)6-4-13/h3-8,11H,10H2,1-2H3/b8-7+/t11-/m1/s1. The van der Waals surface area contributed by atoms with Crippen molar-refractivity contribution in [2.24, 2.45) is 0 Å². The monoisotopic (exact) mass is 363 g/mol. The lowest BCUT2D eigenvalue weighted by molar-refractivity contribution is -0.139. The van der Waals surface area contributed by atoms with E-state index in [0.29, 0.717) is 28.0 Å². The quantitative estimate of drug-likeness (QED) is 0.594. The van der Waals surface area contributed by atoms with Gasteiger partial charge in [-0.15, -0.1) is 0 Å². The molecule has 0 N–H and O–H groups in total. The van der Waals surface area contributed by atoms with Gasteiger partial charge >= 0.3 is 5.97 Å². The molecule has 1 aromatic carbocycles. The van der Waals surface area contributed by atoms with Crippen molar-refractivity contribution >= 4 is 35.2 Å². The lowest BCUT2D eigenvalue weighted by Crippen LogP contribution is -2.10. The molecule has 1 aromatic heterocycles. The third-order valence-electron chi connectivity index (χ3n) is 3.22. The zero-order valence-electron chi connectivity index (χ0n) is 13.2. The molecule has 0 radical (unpaired) electrons. The molecule has 0 aliphatic rings. The highest BCUT2D eigenvalue weighted by Crippen LogP contribution is 2.22. The van der Waals surface area contributed by atoms with Crippen molar-refractivity contribution in [1.29, 1.82) is 5.26 Å². The molecule has 0 aliphatic carbocycles. The van der Waals surface area contributed by atoms with Gasteiger partial charge in [0.25, 0.3) is 0 Å². The first kappa shape index (κ1) is 18.1. The predicted octanol–water partition coefficient (Wildman–Crippen LogP) is 4.02. The molecule has 0 saturated carbocycles. The van der Waals surface area contributed by atoms with Crippen molar-refractivity contribution in [3.8, 4) is 6.07 Å². The Kier molecular flexibility index (Phi) is 6.02. The van der Waals surface area contributed by atoms with E-state index in [1.54, 1.807) is 23.7 Å². The van der Waals surface area contributed by atoms with Gasteiger partial charge < -0.3 is 4.74 Å². The number of aryl methyl sites for hydroxylation is 1. The lowest BCUT2D eigenvalue weighted by Gasteiger charge is -2.04. The summed E-state index contributed by atoms with van der Waals surface area (Å²) in [5, 5.41) is 14.1. The van der Waals surface area contributed by atoms with E-state index in [1.165, 1.54) is 19.1 Å². The van der Waals surface area contributed by atoms with Gasteiger partial charge in [-0.05, 0) is 37.6 Å². The van der Waals surface area contributed by atoms with Crippen LogP contribution in [-0.2, 0) is 16.1 Å². The zero-order chi connectivity index (χ0) is 17.7. The van der Waals surface area contributed by atoms with Crippen LogP contribution in [0.25, 0.3) is 6.08 Å². The van der Waals surface area contributed by atoms with Crippen LogP contribution in [0.15, 0.2) is 30.3 Å². The Morgan fingerprint density at radius 3 is 2.71 bits per heavy atom. The summed E-state index contributed by atoms with van der Waals surface area (Å²) in [6.45, 7) is 3.78. The maximum Gasteiger partial charge on any atom is 0.332 e. The topological polar surface area (TPSA) is 67.9 Å².